The van der Waals surface area contributed by atoms with Crippen LogP contribution in [0, 0.1) is 5.82 Å². The van der Waals surface area contributed by atoms with Crippen LogP contribution in [0.3, 0.4) is 0 Å². The molecular weight excluding hydrogens is 281 g/mol. The number of para-hydroxylation sites is 1. The van der Waals surface area contributed by atoms with E-state index in [0.717, 1.165) is 17.1 Å². The molecule has 0 bridgehead atoms. The number of tetrazole rings is 1. The van der Waals surface area contributed by atoms with Gasteiger partial charge in [0.15, 0.2) is 5.82 Å². The molecule has 3 rings (SSSR count). The molecule has 0 aliphatic carbocycles. The van der Waals surface area contributed by atoms with E-state index in [4.69, 9.17) is 0 Å². The Morgan fingerprint density at radius 1 is 1.00 bits per heavy atom. The van der Waals surface area contributed by atoms with Gasteiger partial charge < -0.3 is 0 Å². The lowest BCUT2D eigenvalue weighted by atomic mass is 10.2. The predicted molar refractivity (Wildman–Crippen MR) is 80.7 cm³/mol. The molecule has 22 heavy (non-hydrogen) atoms. The van der Waals surface area contributed by atoms with Crippen molar-refractivity contribution in [1.29, 1.82) is 0 Å². The summed E-state index contributed by atoms with van der Waals surface area (Å²) < 4.78 is 14.6. The number of halogens is 1. The Kier molecular flexibility index (Phi) is 4.20. The second-order valence-corrected chi connectivity index (χ2v) is 5.14. The lowest BCUT2D eigenvalue weighted by Crippen LogP contribution is -2.20. The molecule has 6 heteroatoms. The molecule has 5 nitrogen and oxygen atoms in total. The van der Waals surface area contributed by atoms with Gasteiger partial charge in [-0.3, -0.25) is 4.90 Å². The fourth-order valence-electron chi connectivity index (χ4n) is 2.27. The number of benzene rings is 2. The average Bonchev–Trinajstić information content (AvgIpc) is 2.98. The van der Waals surface area contributed by atoms with Gasteiger partial charge in [0.05, 0.1) is 12.2 Å². The van der Waals surface area contributed by atoms with Crippen LogP contribution < -0.4 is 0 Å². The van der Waals surface area contributed by atoms with Crippen LogP contribution in [0.15, 0.2) is 54.6 Å². The third kappa shape index (κ3) is 3.35. The van der Waals surface area contributed by atoms with Gasteiger partial charge in [-0.05, 0) is 47.3 Å². The van der Waals surface area contributed by atoms with Crippen LogP contribution >= 0.6 is 0 Å². The topological polar surface area (TPSA) is 46.8 Å². The molecule has 0 amide bonds. The summed E-state index contributed by atoms with van der Waals surface area (Å²) in [6, 6.07) is 16.3. The fourth-order valence-corrected chi connectivity index (χ4v) is 2.27. The molecule has 0 spiro atoms. The third-order valence-corrected chi connectivity index (χ3v) is 3.31. The highest BCUT2D eigenvalue weighted by Crippen LogP contribution is 2.11. The third-order valence-electron chi connectivity index (χ3n) is 3.31. The summed E-state index contributed by atoms with van der Waals surface area (Å²) in [5.41, 5.74) is 1.97. The molecule has 0 radical (unpaired) electrons. The zero-order chi connectivity index (χ0) is 15.4. The quantitative estimate of drug-likeness (QED) is 0.725. The first-order valence-electron chi connectivity index (χ1n) is 6.98. The Morgan fingerprint density at radius 2 is 1.73 bits per heavy atom. The summed E-state index contributed by atoms with van der Waals surface area (Å²) in [4.78, 5) is 2.08. The SMILES string of the molecule is CN(Cc1ccc(F)cc1)Cc1nnnn1-c1ccccc1. The molecule has 0 saturated heterocycles. The van der Waals surface area contributed by atoms with E-state index in [1.807, 2.05) is 37.4 Å². The molecule has 0 aliphatic heterocycles. The van der Waals surface area contributed by atoms with Crippen LogP contribution in [0.25, 0.3) is 5.69 Å². The summed E-state index contributed by atoms with van der Waals surface area (Å²) in [6.45, 7) is 1.29. The molecule has 0 saturated carbocycles. The lowest BCUT2D eigenvalue weighted by Gasteiger charge is -2.16. The highest BCUT2D eigenvalue weighted by Gasteiger charge is 2.11. The Balaban J connectivity index is 1.71. The van der Waals surface area contributed by atoms with Gasteiger partial charge in [-0.2, -0.15) is 4.68 Å². The lowest BCUT2D eigenvalue weighted by molar-refractivity contribution is 0.307. The van der Waals surface area contributed by atoms with Gasteiger partial charge in [0.1, 0.15) is 5.82 Å². The van der Waals surface area contributed by atoms with Gasteiger partial charge in [0.2, 0.25) is 0 Å². The monoisotopic (exact) mass is 297 g/mol. The van der Waals surface area contributed by atoms with Gasteiger partial charge in [-0.25, -0.2) is 4.39 Å². The number of hydrogen-bond donors (Lipinski definition) is 0. The van der Waals surface area contributed by atoms with Crippen molar-refractivity contribution in [2.24, 2.45) is 0 Å². The van der Waals surface area contributed by atoms with E-state index in [1.54, 1.807) is 16.8 Å². The minimum Gasteiger partial charge on any atom is -0.295 e. The molecule has 0 unspecified atom stereocenters. The molecule has 112 valence electrons. The van der Waals surface area contributed by atoms with E-state index in [1.165, 1.54) is 12.1 Å². The highest BCUT2D eigenvalue weighted by atomic mass is 19.1. The highest BCUT2D eigenvalue weighted by molar-refractivity contribution is 5.30. The molecular formula is C16H16FN5. The van der Waals surface area contributed by atoms with Crippen LogP contribution in [-0.4, -0.2) is 32.2 Å². The Hall–Kier alpha value is -2.60. The van der Waals surface area contributed by atoms with Crippen molar-refractivity contribution in [3.05, 3.63) is 71.8 Å². The Bertz CT molecular complexity index is 724. The second kappa shape index (κ2) is 6.44. The van der Waals surface area contributed by atoms with E-state index in [0.29, 0.717) is 13.1 Å². The van der Waals surface area contributed by atoms with Crippen molar-refractivity contribution < 1.29 is 4.39 Å². The van der Waals surface area contributed by atoms with Crippen molar-refractivity contribution in [2.75, 3.05) is 7.05 Å². The van der Waals surface area contributed by atoms with Crippen molar-refractivity contribution >= 4 is 0 Å². The normalized spacial score (nSPS) is 11.0. The van der Waals surface area contributed by atoms with Gasteiger partial charge in [-0.15, -0.1) is 5.10 Å². The van der Waals surface area contributed by atoms with Crippen molar-refractivity contribution in [3.63, 3.8) is 0 Å². The van der Waals surface area contributed by atoms with Crippen LogP contribution in [0.5, 0.6) is 0 Å². The summed E-state index contributed by atoms with van der Waals surface area (Å²) >= 11 is 0. The van der Waals surface area contributed by atoms with Crippen LogP contribution in [0.1, 0.15) is 11.4 Å². The number of nitrogens with zero attached hydrogens (tertiary/aromatic N) is 5. The van der Waals surface area contributed by atoms with Crippen LogP contribution in [0.4, 0.5) is 4.39 Å². The van der Waals surface area contributed by atoms with Gasteiger partial charge in [-0.1, -0.05) is 30.3 Å². The summed E-state index contributed by atoms with van der Waals surface area (Å²) in [5.74, 6) is 0.537. The van der Waals surface area contributed by atoms with Gasteiger partial charge in [0, 0.05) is 6.54 Å². The van der Waals surface area contributed by atoms with Gasteiger partial charge >= 0.3 is 0 Å². The Labute approximate surface area is 128 Å². The van der Waals surface area contributed by atoms with Crippen molar-refractivity contribution in [1.82, 2.24) is 25.1 Å². The molecule has 3 aromatic rings. The first kappa shape index (κ1) is 14.3. The average molecular weight is 297 g/mol. The molecule has 2 aromatic carbocycles. The molecule has 0 aliphatic rings. The van der Waals surface area contributed by atoms with Crippen molar-refractivity contribution in [3.8, 4) is 5.69 Å². The second-order valence-electron chi connectivity index (χ2n) is 5.14. The van der Waals surface area contributed by atoms with E-state index < -0.39 is 0 Å². The fraction of sp³-hybridized carbons (Fsp3) is 0.188. The van der Waals surface area contributed by atoms with Crippen molar-refractivity contribution in [2.45, 2.75) is 13.1 Å². The summed E-state index contributed by atoms with van der Waals surface area (Å²) in [6.07, 6.45) is 0. The largest absolute Gasteiger partial charge is 0.295 e. The van der Waals surface area contributed by atoms with E-state index >= 15 is 0 Å². The van der Waals surface area contributed by atoms with Gasteiger partial charge in [0.25, 0.3) is 0 Å². The van der Waals surface area contributed by atoms with E-state index in [-0.39, 0.29) is 5.82 Å². The summed E-state index contributed by atoms with van der Waals surface area (Å²) in [7, 11) is 1.98. The van der Waals surface area contributed by atoms with Crippen LogP contribution in [-0.2, 0) is 13.1 Å². The maximum atomic E-state index is 12.9. The van der Waals surface area contributed by atoms with E-state index in [2.05, 4.69) is 20.4 Å². The number of rotatable bonds is 5. The smallest absolute Gasteiger partial charge is 0.170 e. The number of aromatic nitrogens is 4. The minimum atomic E-state index is -0.223. The van der Waals surface area contributed by atoms with Crippen LogP contribution in [0.2, 0.25) is 0 Å². The number of hydrogen-bond acceptors (Lipinski definition) is 4. The molecule has 1 aromatic heterocycles. The predicted octanol–water partition coefficient (Wildman–Crippen LogP) is 2.43. The molecule has 0 fully saturated rings. The van der Waals surface area contributed by atoms with E-state index in [9.17, 15) is 4.39 Å². The first-order valence-corrected chi connectivity index (χ1v) is 6.98. The maximum Gasteiger partial charge on any atom is 0.170 e. The maximum absolute atomic E-state index is 12.9. The zero-order valence-electron chi connectivity index (χ0n) is 12.2. The standard InChI is InChI=1S/C16H16FN5/c1-21(11-13-7-9-14(17)10-8-13)12-16-18-19-20-22(16)15-5-3-2-4-6-15/h2-10H,11-12H2,1H3. The minimum absolute atomic E-state index is 0.223. The molecule has 1 heterocycles. The molecule has 0 atom stereocenters. The first-order chi connectivity index (χ1) is 10.7. The zero-order valence-corrected chi connectivity index (χ0v) is 12.2. The Morgan fingerprint density at radius 3 is 2.45 bits per heavy atom. The molecule has 0 N–H and O–H groups in total. The summed E-state index contributed by atoms with van der Waals surface area (Å²) in [5, 5.41) is 11.9.